The van der Waals surface area contributed by atoms with Crippen LogP contribution >= 0.6 is 0 Å². The van der Waals surface area contributed by atoms with Gasteiger partial charge in [-0.15, -0.1) is 12.1 Å². The number of aliphatic imine (C=N–C) groups is 2. The van der Waals surface area contributed by atoms with Gasteiger partial charge in [0, 0.05) is 88.0 Å². The van der Waals surface area contributed by atoms with E-state index in [1.807, 2.05) is 48.5 Å². The molecule has 0 bridgehead atoms. The number of hydrogen-bond acceptors (Lipinski definition) is 6. The van der Waals surface area contributed by atoms with Crippen molar-refractivity contribution in [1.29, 1.82) is 0 Å². The molecule has 2 radical (unpaired) electrons. The van der Waals surface area contributed by atoms with E-state index < -0.39 is 0 Å². The standard InChI is InChI=1S/C36H26N2O4.2Y/c1-41-31-15-7-11-25(35(31)39)21-37-29-19-17-23-9-3-5-13-27(23)33(29)34-28-14-6-4-10-24(28)18-20-30(34)38-22-26-12-8-16-32(42-2)36(26)40;;/h3-6,9-22,39-40H,1-2H3;;/q-2;;. The van der Waals surface area contributed by atoms with E-state index in [0.717, 1.165) is 32.7 Å². The van der Waals surface area contributed by atoms with Gasteiger partial charge in [0.15, 0.2) is 0 Å². The molecule has 6 aromatic carbocycles. The normalized spacial score (nSPS) is 11.0. The summed E-state index contributed by atoms with van der Waals surface area (Å²) >= 11 is 0. The smallest absolute Gasteiger partial charge is 0.0702 e. The third-order valence-electron chi connectivity index (χ3n) is 7.11. The molecule has 6 aromatic rings. The Morgan fingerprint density at radius 3 is 1.39 bits per heavy atom. The fourth-order valence-corrected chi connectivity index (χ4v) is 5.02. The Bertz CT molecular complexity index is 1860. The summed E-state index contributed by atoms with van der Waals surface area (Å²) in [5.74, 6) is 0.628. The Labute approximate surface area is 306 Å². The number of ether oxygens (including phenoxy) is 2. The van der Waals surface area contributed by atoms with Crippen molar-refractivity contribution in [2.24, 2.45) is 9.98 Å². The number of fused-ring (bicyclic) bond motifs is 2. The number of benzene rings is 6. The van der Waals surface area contributed by atoms with E-state index in [1.54, 1.807) is 36.7 Å². The molecule has 0 saturated carbocycles. The number of hydrogen-bond donors (Lipinski definition) is 2. The Morgan fingerprint density at radius 1 is 0.568 bits per heavy atom. The summed E-state index contributed by atoms with van der Waals surface area (Å²) in [4.78, 5) is 9.74. The molecule has 44 heavy (non-hydrogen) atoms. The number of methoxy groups -OCH3 is 2. The summed E-state index contributed by atoms with van der Waals surface area (Å²) in [6.45, 7) is 0. The average molecular weight is 728 g/mol. The van der Waals surface area contributed by atoms with E-state index in [4.69, 9.17) is 19.5 Å². The molecule has 0 aliphatic heterocycles. The first-order valence-electron chi connectivity index (χ1n) is 13.2. The zero-order valence-electron chi connectivity index (χ0n) is 24.2. The second-order valence-corrected chi connectivity index (χ2v) is 9.53. The van der Waals surface area contributed by atoms with Crippen LogP contribution in [0.2, 0.25) is 0 Å². The molecular formula is C36H26N2O4Y2-2. The van der Waals surface area contributed by atoms with Crippen LogP contribution in [0.15, 0.2) is 107 Å². The van der Waals surface area contributed by atoms with Crippen molar-refractivity contribution in [3.05, 3.63) is 120 Å². The van der Waals surface area contributed by atoms with Gasteiger partial charge in [-0.25, -0.2) is 0 Å². The summed E-state index contributed by atoms with van der Waals surface area (Å²) in [6.07, 6.45) is 3.22. The van der Waals surface area contributed by atoms with E-state index in [2.05, 4.69) is 36.4 Å². The van der Waals surface area contributed by atoms with Crippen LogP contribution in [-0.4, -0.2) is 36.9 Å². The molecule has 0 atom stereocenters. The summed E-state index contributed by atoms with van der Waals surface area (Å²) in [6, 6.07) is 36.7. The third kappa shape index (κ3) is 6.64. The van der Waals surface area contributed by atoms with Crippen LogP contribution in [0.1, 0.15) is 11.1 Å². The number of phenolic OH excluding ortho intramolecular Hbond substituents is 2. The molecule has 0 fully saturated rings. The third-order valence-corrected chi connectivity index (χ3v) is 7.11. The molecule has 2 N–H and O–H groups in total. The van der Waals surface area contributed by atoms with Gasteiger partial charge in [0.2, 0.25) is 0 Å². The number of rotatable bonds is 7. The molecule has 0 amide bonds. The molecule has 0 aromatic heterocycles. The first kappa shape index (κ1) is 33.5. The van der Waals surface area contributed by atoms with Gasteiger partial charge in [-0.2, -0.15) is 24.3 Å². The van der Waals surface area contributed by atoms with E-state index in [-0.39, 0.29) is 76.9 Å². The zero-order valence-corrected chi connectivity index (χ0v) is 29.8. The second-order valence-electron chi connectivity index (χ2n) is 9.53. The van der Waals surface area contributed by atoms with Gasteiger partial charge >= 0.3 is 0 Å². The minimum absolute atomic E-state index is 0. The summed E-state index contributed by atoms with van der Waals surface area (Å²) in [5.41, 5.74) is 4.13. The summed E-state index contributed by atoms with van der Waals surface area (Å²) in [7, 11) is 2.99. The van der Waals surface area contributed by atoms with Crippen LogP contribution < -0.4 is 9.47 Å². The van der Waals surface area contributed by atoms with Gasteiger partial charge in [0.05, 0.1) is 37.1 Å². The molecule has 0 saturated heterocycles. The number of phenols is 2. The van der Waals surface area contributed by atoms with Crippen LogP contribution in [0.4, 0.5) is 11.4 Å². The van der Waals surface area contributed by atoms with Crippen LogP contribution in [-0.2, 0) is 65.4 Å². The molecule has 0 unspecified atom stereocenters. The van der Waals surface area contributed by atoms with Crippen LogP contribution in [0.25, 0.3) is 32.7 Å². The quantitative estimate of drug-likeness (QED) is 0.128. The monoisotopic (exact) mass is 728 g/mol. The van der Waals surface area contributed by atoms with Crippen LogP contribution in [0.3, 0.4) is 0 Å². The molecular weight excluding hydrogens is 702 g/mol. The van der Waals surface area contributed by atoms with Gasteiger partial charge in [0.1, 0.15) is 0 Å². The van der Waals surface area contributed by atoms with Crippen molar-refractivity contribution in [2.45, 2.75) is 0 Å². The molecule has 6 nitrogen and oxygen atoms in total. The largest absolute Gasteiger partial charge is 0.551 e. The van der Waals surface area contributed by atoms with Gasteiger partial charge in [-0.05, 0) is 46.1 Å². The average Bonchev–Trinajstić information content (AvgIpc) is 3.03. The SMILES string of the molecule is COc1c[c-]cc(C=Nc2ccc3ccccc3c2-c2c(N=Cc3c[c-]cc(OC)c3O)ccc3ccccc23)c1O.[Y].[Y]. The molecule has 212 valence electrons. The maximum Gasteiger partial charge on any atom is 0.0702 e. The van der Waals surface area contributed by atoms with E-state index in [0.29, 0.717) is 34.0 Å². The number of aromatic hydroxyl groups is 2. The van der Waals surface area contributed by atoms with Gasteiger partial charge < -0.3 is 19.7 Å². The van der Waals surface area contributed by atoms with Gasteiger partial charge in [-0.1, -0.05) is 71.8 Å². The topological polar surface area (TPSA) is 83.6 Å². The van der Waals surface area contributed by atoms with Crippen molar-refractivity contribution in [1.82, 2.24) is 0 Å². The molecule has 6 rings (SSSR count). The first-order valence-corrected chi connectivity index (χ1v) is 13.2. The van der Waals surface area contributed by atoms with E-state index in [9.17, 15) is 10.2 Å². The molecule has 0 aliphatic carbocycles. The minimum atomic E-state index is -0.00677. The Balaban J connectivity index is 0.00000221. The van der Waals surface area contributed by atoms with Crippen molar-refractivity contribution in [3.63, 3.8) is 0 Å². The van der Waals surface area contributed by atoms with Crippen LogP contribution in [0.5, 0.6) is 23.0 Å². The number of nitrogens with zero attached hydrogens (tertiary/aromatic N) is 2. The molecule has 8 heteroatoms. The predicted molar refractivity (Wildman–Crippen MR) is 168 cm³/mol. The maximum absolute atomic E-state index is 10.7. The Hall–Kier alpha value is -3.41. The zero-order chi connectivity index (χ0) is 29.1. The molecule has 0 spiro atoms. The Morgan fingerprint density at radius 2 is 0.977 bits per heavy atom. The van der Waals surface area contributed by atoms with Gasteiger partial charge in [-0.3, -0.25) is 9.98 Å². The maximum atomic E-state index is 10.7. The van der Waals surface area contributed by atoms with Crippen molar-refractivity contribution in [2.75, 3.05) is 14.2 Å². The first-order chi connectivity index (χ1) is 20.6. The predicted octanol–water partition coefficient (Wildman–Crippen LogP) is 8.18. The summed E-state index contributed by atoms with van der Waals surface area (Å²) < 4.78 is 10.5. The van der Waals surface area contributed by atoms with Gasteiger partial charge in [0.25, 0.3) is 0 Å². The van der Waals surface area contributed by atoms with Crippen molar-refractivity contribution < 1.29 is 85.1 Å². The van der Waals surface area contributed by atoms with E-state index in [1.165, 1.54) is 14.2 Å². The van der Waals surface area contributed by atoms with E-state index >= 15 is 0 Å². The molecule has 0 heterocycles. The van der Waals surface area contributed by atoms with Crippen molar-refractivity contribution >= 4 is 45.3 Å². The van der Waals surface area contributed by atoms with Crippen LogP contribution in [0, 0.1) is 12.1 Å². The fourth-order valence-electron chi connectivity index (χ4n) is 5.02. The fraction of sp³-hybridized carbons (Fsp3) is 0.0556. The summed E-state index contributed by atoms with van der Waals surface area (Å²) in [5, 5.41) is 25.4. The minimum Gasteiger partial charge on any atom is -0.551 e. The second kappa shape index (κ2) is 15.0. The Kier molecular flexibility index (Phi) is 11.5. The molecule has 0 aliphatic rings. The van der Waals surface area contributed by atoms with Crippen molar-refractivity contribution in [3.8, 4) is 34.1 Å².